The molecule has 0 heterocycles. The average Bonchev–Trinajstić information content (AvgIpc) is 2.29. The first-order valence-corrected chi connectivity index (χ1v) is 5.67. The maximum atomic E-state index is 13.1. The monoisotopic (exact) mass is 240 g/mol. The van der Waals surface area contributed by atoms with Crippen molar-refractivity contribution in [3.63, 3.8) is 0 Å². The number of rotatable bonds is 5. The molecule has 1 aromatic rings. The van der Waals surface area contributed by atoms with Crippen molar-refractivity contribution in [2.24, 2.45) is 5.92 Å². The van der Waals surface area contributed by atoms with Gasteiger partial charge < -0.3 is 10.2 Å². The Bertz CT molecular complexity index is 405. The van der Waals surface area contributed by atoms with Crippen LogP contribution in [0.1, 0.15) is 32.3 Å². The molecule has 0 aliphatic carbocycles. The van der Waals surface area contributed by atoms with E-state index in [1.807, 2.05) is 0 Å². The summed E-state index contributed by atoms with van der Waals surface area (Å²) in [5.41, 5.74) is -1.21. The number of aliphatic hydroxyl groups is 1. The van der Waals surface area contributed by atoms with Crippen molar-refractivity contribution >= 4 is 5.97 Å². The Labute approximate surface area is 99.9 Å². The molecular formula is C13H17FO3. The molecule has 0 aliphatic rings. The van der Waals surface area contributed by atoms with E-state index in [9.17, 15) is 14.3 Å². The molecule has 4 heteroatoms. The number of hydrogen-bond acceptors (Lipinski definition) is 2. The van der Waals surface area contributed by atoms with Crippen LogP contribution in [-0.2, 0) is 10.4 Å². The van der Waals surface area contributed by atoms with Gasteiger partial charge in [-0.25, -0.2) is 4.39 Å². The zero-order valence-electron chi connectivity index (χ0n) is 9.98. The van der Waals surface area contributed by atoms with E-state index in [-0.39, 0.29) is 12.8 Å². The molecule has 0 spiro atoms. The molecule has 94 valence electrons. The highest BCUT2D eigenvalue weighted by molar-refractivity contribution is 5.72. The molecule has 0 aliphatic heterocycles. The fourth-order valence-corrected chi connectivity index (χ4v) is 2.13. The van der Waals surface area contributed by atoms with Crippen LogP contribution in [0, 0.1) is 11.7 Å². The van der Waals surface area contributed by atoms with Crippen molar-refractivity contribution in [1.29, 1.82) is 0 Å². The predicted molar refractivity (Wildman–Crippen MR) is 62.0 cm³/mol. The van der Waals surface area contributed by atoms with E-state index in [0.717, 1.165) is 0 Å². The highest BCUT2D eigenvalue weighted by Crippen LogP contribution is 2.35. The van der Waals surface area contributed by atoms with Crippen molar-refractivity contribution in [2.45, 2.75) is 32.3 Å². The normalized spacial score (nSPS) is 16.2. The first-order chi connectivity index (χ1) is 7.95. The van der Waals surface area contributed by atoms with Crippen LogP contribution >= 0.6 is 0 Å². The lowest BCUT2D eigenvalue weighted by Gasteiger charge is -2.32. The number of benzene rings is 1. The molecule has 1 rings (SSSR count). The lowest BCUT2D eigenvalue weighted by atomic mass is 9.78. The third-order valence-electron chi connectivity index (χ3n) is 3.15. The average molecular weight is 240 g/mol. The van der Waals surface area contributed by atoms with Gasteiger partial charge in [-0.1, -0.05) is 26.0 Å². The third kappa shape index (κ3) is 2.64. The van der Waals surface area contributed by atoms with E-state index in [1.165, 1.54) is 18.2 Å². The molecule has 0 radical (unpaired) electrons. The van der Waals surface area contributed by atoms with Crippen molar-refractivity contribution < 1.29 is 19.4 Å². The second-order valence-electron chi connectivity index (χ2n) is 4.09. The highest BCUT2D eigenvalue weighted by atomic mass is 19.1. The van der Waals surface area contributed by atoms with Gasteiger partial charge in [0.05, 0.1) is 5.92 Å². The van der Waals surface area contributed by atoms with Gasteiger partial charge in [0.2, 0.25) is 0 Å². The van der Waals surface area contributed by atoms with E-state index in [4.69, 9.17) is 5.11 Å². The standard InChI is InChI=1S/C13H17FO3/c1-3-11(12(15)16)13(17,4-2)9-6-5-7-10(14)8-9/h5-8,11,17H,3-4H2,1-2H3,(H,15,16). The van der Waals surface area contributed by atoms with Crippen LogP contribution in [0.25, 0.3) is 0 Å². The van der Waals surface area contributed by atoms with Gasteiger partial charge in [-0.3, -0.25) is 4.79 Å². The molecule has 0 bridgehead atoms. The van der Waals surface area contributed by atoms with Gasteiger partial charge in [0.25, 0.3) is 0 Å². The van der Waals surface area contributed by atoms with Crippen LogP contribution in [0.4, 0.5) is 4.39 Å². The first kappa shape index (κ1) is 13.6. The zero-order chi connectivity index (χ0) is 13.1. The molecule has 0 fully saturated rings. The number of carbonyl (C=O) groups is 1. The summed E-state index contributed by atoms with van der Waals surface area (Å²) in [5.74, 6) is -2.48. The van der Waals surface area contributed by atoms with Crippen LogP contribution in [0.5, 0.6) is 0 Å². The minimum atomic E-state index is -1.53. The Morgan fingerprint density at radius 1 is 1.47 bits per heavy atom. The predicted octanol–water partition coefficient (Wildman–Crippen LogP) is 2.53. The molecule has 3 nitrogen and oxygen atoms in total. The summed E-state index contributed by atoms with van der Waals surface area (Å²) in [7, 11) is 0. The molecule has 0 saturated heterocycles. The minimum absolute atomic E-state index is 0.223. The second-order valence-corrected chi connectivity index (χ2v) is 4.09. The minimum Gasteiger partial charge on any atom is -0.481 e. The van der Waals surface area contributed by atoms with E-state index >= 15 is 0 Å². The number of aliphatic carboxylic acids is 1. The topological polar surface area (TPSA) is 57.5 Å². The van der Waals surface area contributed by atoms with E-state index in [1.54, 1.807) is 19.9 Å². The molecule has 2 N–H and O–H groups in total. The van der Waals surface area contributed by atoms with Gasteiger partial charge in [0.1, 0.15) is 11.4 Å². The summed E-state index contributed by atoms with van der Waals surface area (Å²) in [4.78, 5) is 11.1. The van der Waals surface area contributed by atoms with E-state index in [0.29, 0.717) is 5.56 Å². The Balaban J connectivity index is 3.23. The highest BCUT2D eigenvalue weighted by Gasteiger charge is 2.40. The smallest absolute Gasteiger partial charge is 0.309 e. The van der Waals surface area contributed by atoms with E-state index < -0.39 is 23.3 Å². The van der Waals surface area contributed by atoms with Crippen molar-refractivity contribution in [3.05, 3.63) is 35.6 Å². The molecule has 1 aromatic carbocycles. The maximum absolute atomic E-state index is 13.1. The van der Waals surface area contributed by atoms with Gasteiger partial charge in [0, 0.05) is 0 Å². The summed E-state index contributed by atoms with van der Waals surface area (Å²) < 4.78 is 13.1. The first-order valence-electron chi connectivity index (χ1n) is 5.67. The Morgan fingerprint density at radius 3 is 2.53 bits per heavy atom. The number of halogens is 1. The fraction of sp³-hybridized carbons (Fsp3) is 0.462. The summed E-state index contributed by atoms with van der Waals surface area (Å²) in [6.07, 6.45) is 0.511. The second kappa shape index (κ2) is 5.27. The lowest BCUT2D eigenvalue weighted by molar-refractivity contribution is -0.153. The molecule has 2 unspecified atom stereocenters. The van der Waals surface area contributed by atoms with Crippen LogP contribution in [0.15, 0.2) is 24.3 Å². The molecule has 2 atom stereocenters. The SMILES string of the molecule is CCC(C(=O)O)C(O)(CC)c1cccc(F)c1. The summed E-state index contributed by atoms with van der Waals surface area (Å²) in [6.45, 7) is 3.38. The Morgan fingerprint density at radius 2 is 2.12 bits per heavy atom. The Kier molecular flexibility index (Phi) is 4.23. The maximum Gasteiger partial charge on any atom is 0.309 e. The zero-order valence-corrected chi connectivity index (χ0v) is 9.98. The number of carboxylic acid groups (broad SMARTS) is 1. The van der Waals surface area contributed by atoms with Gasteiger partial charge >= 0.3 is 5.97 Å². The molecule has 0 saturated carbocycles. The van der Waals surface area contributed by atoms with Crippen molar-refractivity contribution in [2.75, 3.05) is 0 Å². The summed E-state index contributed by atoms with van der Waals surface area (Å²) in [6, 6.07) is 5.48. The molecular weight excluding hydrogens is 223 g/mol. The summed E-state index contributed by atoms with van der Waals surface area (Å²) >= 11 is 0. The van der Waals surface area contributed by atoms with Crippen LogP contribution < -0.4 is 0 Å². The van der Waals surface area contributed by atoms with Crippen LogP contribution in [0.3, 0.4) is 0 Å². The lowest BCUT2D eigenvalue weighted by Crippen LogP contribution is -2.39. The van der Waals surface area contributed by atoms with Gasteiger partial charge in [0.15, 0.2) is 0 Å². The quantitative estimate of drug-likeness (QED) is 0.831. The molecule has 0 aromatic heterocycles. The van der Waals surface area contributed by atoms with Gasteiger partial charge in [-0.05, 0) is 30.5 Å². The van der Waals surface area contributed by atoms with Gasteiger partial charge in [-0.2, -0.15) is 0 Å². The summed E-state index contributed by atoms with van der Waals surface area (Å²) in [5, 5.41) is 19.6. The number of hydrogen-bond donors (Lipinski definition) is 2. The number of carboxylic acids is 1. The van der Waals surface area contributed by atoms with Gasteiger partial charge in [-0.15, -0.1) is 0 Å². The van der Waals surface area contributed by atoms with Crippen molar-refractivity contribution in [3.8, 4) is 0 Å². The van der Waals surface area contributed by atoms with Crippen LogP contribution in [0.2, 0.25) is 0 Å². The largest absolute Gasteiger partial charge is 0.481 e. The fourth-order valence-electron chi connectivity index (χ4n) is 2.13. The Hall–Kier alpha value is -1.42. The van der Waals surface area contributed by atoms with Crippen LogP contribution in [-0.4, -0.2) is 16.2 Å². The molecule has 17 heavy (non-hydrogen) atoms. The van der Waals surface area contributed by atoms with E-state index in [2.05, 4.69) is 0 Å². The third-order valence-corrected chi connectivity index (χ3v) is 3.15. The molecule has 0 amide bonds. The van der Waals surface area contributed by atoms with Crippen molar-refractivity contribution in [1.82, 2.24) is 0 Å².